The molecule has 3 aromatic rings. The second-order valence-corrected chi connectivity index (χ2v) is 7.01. The molecule has 1 fully saturated rings. The van der Waals surface area contributed by atoms with Gasteiger partial charge in [-0.25, -0.2) is 19.3 Å². The fraction of sp³-hybridized carbons (Fsp3) is 0.400. The van der Waals surface area contributed by atoms with E-state index in [1.54, 1.807) is 12.4 Å². The molecular weight excluding hydrogens is 359 g/mol. The van der Waals surface area contributed by atoms with Crippen molar-refractivity contribution in [2.45, 2.75) is 38.6 Å². The van der Waals surface area contributed by atoms with Crippen LogP contribution < -0.4 is 5.32 Å². The highest BCUT2D eigenvalue weighted by molar-refractivity contribution is 5.91. The molecule has 28 heavy (non-hydrogen) atoms. The number of carbonyl (C=O) groups excluding carboxylic acids is 1. The van der Waals surface area contributed by atoms with E-state index in [1.165, 1.54) is 6.20 Å². The van der Waals surface area contributed by atoms with Crippen molar-refractivity contribution in [2.75, 3.05) is 18.4 Å². The highest BCUT2D eigenvalue weighted by atomic mass is 19.1. The summed E-state index contributed by atoms with van der Waals surface area (Å²) in [6.45, 7) is 3.24. The predicted octanol–water partition coefficient (Wildman–Crippen LogP) is 3.36. The first kappa shape index (κ1) is 18.3. The topological polar surface area (TPSA) is 86.8 Å². The lowest BCUT2D eigenvalue weighted by atomic mass is 10.2. The molecule has 2 N–H and O–H groups in total. The second kappa shape index (κ2) is 7.92. The molecule has 0 unspecified atom stereocenters. The molecule has 4 heterocycles. The van der Waals surface area contributed by atoms with Crippen LogP contribution in [-0.4, -0.2) is 49.9 Å². The Balaban J connectivity index is 1.53. The first-order valence-electron chi connectivity index (χ1n) is 9.65. The number of anilines is 1. The van der Waals surface area contributed by atoms with Crippen molar-refractivity contribution in [3.05, 3.63) is 36.5 Å². The van der Waals surface area contributed by atoms with Crippen LogP contribution in [0.5, 0.6) is 0 Å². The standard InChI is InChI=1S/C20H23FN6O/c1-2-5-17(28)27-9-4-6-13(27)10-23-20-16(21)12-25-19(26-20)15-11-24-18-14(15)7-3-8-22-18/h3,7-8,11-13H,2,4-6,9-10H2,1H3,(H,22,24)(H,23,25,26)/t13-/m1/s1. The van der Waals surface area contributed by atoms with Gasteiger partial charge in [0.1, 0.15) is 5.65 Å². The number of likely N-dealkylation sites (tertiary alicyclic amines) is 1. The Hall–Kier alpha value is -3.03. The van der Waals surface area contributed by atoms with Crippen LogP contribution in [0.25, 0.3) is 22.4 Å². The van der Waals surface area contributed by atoms with Gasteiger partial charge in [-0.3, -0.25) is 4.79 Å². The van der Waals surface area contributed by atoms with Crippen molar-refractivity contribution in [2.24, 2.45) is 0 Å². The lowest BCUT2D eigenvalue weighted by Gasteiger charge is -2.25. The zero-order valence-corrected chi connectivity index (χ0v) is 15.8. The number of hydrogen-bond donors (Lipinski definition) is 2. The molecule has 1 saturated heterocycles. The van der Waals surface area contributed by atoms with Gasteiger partial charge in [-0.2, -0.15) is 0 Å². The number of nitrogens with zero attached hydrogens (tertiary/aromatic N) is 4. The quantitative estimate of drug-likeness (QED) is 0.683. The van der Waals surface area contributed by atoms with Crippen LogP contribution in [0.1, 0.15) is 32.6 Å². The van der Waals surface area contributed by atoms with Crippen LogP contribution in [0.4, 0.5) is 10.2 Å². The second-order valence-electron chi connectivity index (χ2n) is 7.01. The fourth-order valence-corrected chi connectivity index (χ4v) is 3.71. The average molecular weight is 382 g/mol. The van der Waals surface area contributed by atoms with Crippen LogP contribution in [0, 0.1) is 5.82 Å². The molecule has 1 amide bonds. The summed E-state index contributed by atoms with van der Waals surface area (Å²) in [5, 5.41) is 3.97. The summed E-state index contributed by atoms with van der Waals surface area (Å²) in [5.74, 6) is 0.236. The highest BCUT2D eigenvalue weighted by Crippen LogP contribution is 2.26. The first-order valence-corrected chi connectivity index (χ1v) is 9.65. The van der Waals surface area contributed by atoms with Crippen LogP contribution in [0.2, 0.25) is 0 Å². The van der Waals surface area contributed by atoms with E-state index < -0.39 is 5.82 Å². The van der Waals surface area contributed by atoms with Gasteiger partial charge >= 0.3 is 0 Å². The minimum absolute atomic E-state index is 0.0640. The molecule has 1 atom stereocenters. The molecule has 1 aliphatic rings. The van der Waals surface area contributed by atoms with Gasteiger partial charge in [0.05, 0.1) is 6.20 Å². The van der Waals surface area contributed by atoms with E-state index >= 15 is 0 Å². The number of aromatic amines is 1. The molecule has 8 heteroatoms. The van der Waals surface area contributed by atoms with Gasteiger partial charge in [-0.15, -0.1) is 0 Å². The third kappa shape index (κ3) is 3.54. The number of fused-ring (bicyclic) bond motifs is 1. The Labute approximate surface area is 162 Å². The van der Waals surface area contributed by atoms with Crippen molar-refractivity contribution >= 4 is 22.8 Å². The Morgan fingerprint density at radius 2 is 2.32 bits per heavy atom. The molecule has 0 radical (unpaired) electrons. The van der Waals surface area contributed by atoms with Gasteiger partial charge in [0, 0.05) is 48.9 Å². The van der Waals surface area contributed by atoms with Crippen molar-refractivity contribution in [3.8, 4) is 11.4 Å². The summed E-state index contributed by atoms with van der Waals surface area (Å²) in [5.41, 5.74) is 1.50. The van der Waals surface area contributed by atoms with Gasteiger partial charge < -0.3 is 15.2 Å². The average Bonchev–Trinajstić information content (AvgIpc) is 3.34. The normalized spacial score (nSPS) is 16.6. The maximum atomic E-state index is 14.3. The summed E-state index contributed by atoms with van der Waals surface area (Å²) in [7, 11) is 0. The highest BCUT2D eigenvalue weighted by Gasteiger charge is 2.28. The Kier molecular flexibility index (Phi) is 5.18. The van der Waals surface area contributed by atoms with E-state index in [1.807, 2.05) is 24.0 Å². The summed E-state index contributed by atoms with van der Waals surface area (Å²) in [6, 6.07) is 3.82. The number of hydrogen-bond acceptors (Lipinski definition) is 5. The maximum Gasteiger partial charge on any atom is 0.222 e. The number of nitrogens with one attached hydrogen (secondary N) is 2. The van der Waals surface area contributed by atoms with Crippen LogP contribution in [0.3, 0.4) is 0 Å². The Morgan fingerprint density at radius 3 is 3.18 bits per heavy atom. The smallest absolute Gasteiger partial charge is 0.222 e. The molecule has 1 aliphatic heterocycles. The van der Waals surface area contributed by atoms with E-state index in [2.05, 4.69) is 25.3 Å². The minimum Gasteiger partial charge on any atom is -0.365 e. The van der Waals surface area contributed by atoms with Crippen LogP contribution >= 0.6 is 0 Å². The molecule has 7 nitrogen and oxygen atoms in total. The summed E-state index contributed by atoms with van der Waals surface area (Å²) in [4.78, 5) is 30.0. The van der Waals surface area contributed by atoms with Crippen molar-refractivity contribution in [1.82, 2.24) is 24.8 Å². The van der Waals surface area contributed by atoms with Crippen molar-refractivity contribution in [3.63, 3.8) is 0 Å². The number of pyridine rings is 1. The SMILES string of the molecule is CCCC(=O)N1CCC[C@@H]1CNc1nc(-c2c[nH]c3ncccc23)ncc1F. The van der Waals surface area contributed by atoms with Crippen molar-refractivity contribution < 1.29 is 9.18 Å². The number of halogens is 1. The Morgan fingerprint density at radius 1 is 1.43 bits per heavy atom. The third-order valence-electron chi connectivity index (χ3n) is 5.10. The minimum atomic E-state index is -0.508. The number of carbonyl (C=O) groups is 1. The van der Waals surface area contributed by atoms with Crippen LogP contribution in [0.15, 0.2) is 30.7 Å². The zero-order chi connectivity index (χ0) is 19.5. The van der Waals surface area contributed by atoms with Gasteiger partial charge in [0.2, 0.25) is 5.91 Å². The molecule has 0 saturated carbocycles. The summed E-state index contributed by atoms with van der Waals surface area (Å²) >= 11 is 0. The summed E-state index contributed by atoms with van der Waals surface area (Å²) < 4.78 is 14.3. The number of amides is 1. The van der Waals surface area contributed by atoms with Gasteiger partial charge in [0.15, 0.2) is 17.5 Å². The lowest BCUT2D eigenvalue weighted by Crippen LogP contribution is -2.39. The molecule has 146 valence electrons. The largest absolute Gasteiger partial charge is 0.365 e. The Bertz CT molecular complexity index is 988. The summed E-state index contributed by atoms with van der Waals surface area (Å²) in [6.07, 6.45) is 7.92. The lowest BCUT2D eigenvalue weighted by molar-refractivity contribution is -0.131. The molecule has 0 spiro atoms. The van der Waals surface area contributed by atoms with E-state index in [9.17, 15) is 9.18 Å². The monoisotopic (exact) mass is 382 g/mol. The predicted molar refractivity (Wildman–Crippen MR) is 105 cm³/mol. The molecule has 4 rings (SSSR count). The maximum absolute atomic E-state index is 14.3. The number of H-pyrrole nitrogens is 1. The molecule has 0 aliphatic carbocycles. The third-order valence-corrected chi connectivity index (χ3v) is 5.10. The molecular formula is C20H23FN6O. The number of rotatable bonds is 6. The molecule has 0 bridgehead atoms. The van der Waals surface area contributed by atoms with E-state index in [0.29, 0.717) is 18.8 Å². The van der Waals surface area contributed by atoms with Crippen molar-refractivity contribution in [1.29, 1.82) is 0 Å². The molecule has 3 aromatic heterocycles. The van der Waals surface area contributed by atoms with Gasteiger partial charge in [-0.1, -0.05) is 6.92 Å². The van der Waals surface area contributed by atoms with Crippen LogP contribution in [-0.2, 0) is 4.79 Å². The zero-order valence-electron chi connectivity index (χ0n) is 15.8. The van der Waals surface area contributed by atoms with E-state index in [0.717, 1.165) is 42.4 Å². The number of aromatic nitrogens is 4. The van der Waals surface area contributed by atoms with E-state index in [4.69, 9.17) is 0 Å². The van der Waals surface area contributed by atoms with Gasteiger partial charge in [-0.05, 0) is 31.4 Å². The van der Waals surface area contributed by atoms with E-state index in [-0.39, 0.29) is 17.8 Å². The fourth-order valence-electron chi connectivity index (χ4n) is 3.71. The molecule has 0 aromatic carbocycles. The van der Waals surface area contributed by atoms with Gasteiger partial charge in [0.25, 0.3) is 0 Å². The first-order chi connectivity index (χ1) is 13.7.